The van der Waals surface area contributed by atoms with Gasteiger partial charge in [-0.2, -0.15) is 0 Å². The maximum Gasteiger partial charge on any atom is 0.303 e. The SMILES string of the molecule is CC(C)CCCC(=O)CCCCCCCCCCC(=O)O. The van der Waals surface area contributed by atoms with Crippen LogP contribution >= 0.6 is 0 Å². The van der Waals surface area contributed by atoms with Crippen molar-refractivity contribution in [3.8, 4) is 0 Å². The lowest BCUT2D eigenvalue weighted by Gasteiger charge is -2.04. The molecule has 0 aromatic rings. The fourth-order valence-corrected chi connectivity index (χ4v) is 2.49. The molecule has 3 nitrogen and oxygen atoms in total. The average Bonchev–Trinajstić information content (AvgIpc) is 2.40. The van der Waals surface area contributed by atoms with E-state index in [0.29, 0.717) is 18.1 Å². The molecule has 0 aromatic heterocycles. The van der Waals surface area contributed by atoms with E-state index in [2.05, 4.69) is 13.8 Å². The minimum atomic E-state index is -0.687. The lowest BCUT2D eigenvalue weighted by molar-refractivity contribution is -0.137. The number of carboxylic acid groups (broad SMARTS) is 1. The van der Waals surface area contributed by atoms with Crippen LogP contribution in [0, 0.1) is 5.92 Å². The molecule has 0 bridgehead atoms. The molecule has 0 aliphatic heterocycles. The first-order valence-electron chi connectivity index (χ1n) is 8.76. The average molecular weight is 298 g/mol. The predicted molar refractivity (Wildman–Crippen MR) is 87.5 cm³/mol. The van der Waals surface area contributed by atoms with Crippen molar-refractivity contribution in [3.05, 3.63) is 0 Å². The fourth-order valence-electron chi connectivity index (χ4n) is 2.49. The number of hydrogen-bond acceptors (Lipinski definition) is 2. The summed E-state index contributed by atoms with van der Waals surface area (Å²) in [5.41, 5.74) is 0. The third-order valence-electron chi connectivity index (χ3n) is 3.83. The van der Waals surface area contributed by atoms with E-state index in [0.717, 1.165) is 57.8 Å². The first kappa shape index (κ1) is 20.1. The minimum Gasteiger partial charge on any atom is -0.481 e. The number of unbranched alkanes of at least 4 members (excludes halogenated alkanes) is 7. The predicted octanol–water partition coefficient (Wildman–Crippen LogP) is 5.37. The summed E-state index contributed by atoms with van der Waals surface area (Å²) in [6.45, 7) is 4.40. The number of rotatable bonds is 15. The maximum absolute atomic E-state index is 11.6. The summed E-state index contributed by atoms with van der Waals surface area (Å²) in [6, 6.07) is 0. The zero-order chi connectivity index (χ0) is 15.9. The van der Waals surface area contributed by atoms with E-state index in [9.17, 15) is 9.59 Å². The summed E-state index contributed by atoms with van der Waals surface area (Å²) in [6.07, 6.45) is 12.8. The molecule has 0 heterocycles. The van der Waals surface area contributed by atoms with Gasteiger partial charge in [0.05, 0.1) is 0 Å². The smallest absolute Gasteiger partial charge is 0.303 e. The fraction of sp³-hybridized carbons (Fsp3) is 0.889. The van der Waals surface area contributed by atoms with Gasteiger partial charge in [-0.15, -0.1) is 0 Å². The molecule has 0 atom stereocenters. The third kappa shape index (κ3) is 17.1. The molecule has 0 rings (SSSR count). The second-order valence-electron chi connectivity index (χ2n) is 6.55. The van der Waals surface area contributed by atoms with Gasteiger partial charge in [0.25, 0.3) is 0 Å². The van der Waals surface area contributed by atoms with Gasteiger partial charge < -0.3 is 5.11 Å². The van der Waals surface area contributed by atoms with Gasteiger partial charge >= 0.3 is 5.97 Å². The highest BCUT2D eigenvalue weighted by Crippen LogP contribution is 2.12. The Labute approximate surface area is 130 Å². The van der Waals surface area contributed by atoms with Gasteiger partial charge in [-0.25, -0.2) is 0 Å². The Morgan fingerprint density at radius 3 is 1.62 bits per heavy atom. The maximum atomic E-state index is 11.6. The van der Waals surface area contributed by atoms with Crippen LogP contribution in [0.4, 0.5) is 0 Å². The first-order valence-corrected chi connectivity index (χ1v) is 8.76. The highest BCUT2D eigenvalue weighted by molar-refractivity contribution is 5.78. The summed E-state index contributed by atoms with van der Waals surface area (Å²) in [7, 11) is 0. The van der Waals surface area contributed by atoms with Crippen molar-refractivity contribution in [1.82, 2.24) is 0 Å². The van der Waals surface area contributed by atoms with Crippen molar-refractivity contribution in [3.63, 3.8) is 0 Å². The molecule has 0 aromatic carbocycles. The van der Waals surface area contributed by atoms with Crippen LogP contribution in [0.15, 0.2) is 0 Å². The van der Waals surface area contributed by atoms with Gasteiger partial charge in [0.15, 0.2) is 0 Å². The standard InChI is InChI=1S/C18H34O3/c1-16(2)12-11-14-17(19)13-9-7-5-3-4-6-8-10-15-18(20)21/h16H,3-15H2,1-2H3,(H,20,21). The van der Waals surface area contributed by atoms with Crippen LogP contribution in [0.3, 0.4) is 0 Å². The van der Waals surface area contributed by atoms with E-state index in [1.807, 2.05) is 0 Å². The number of hydrogen-bond donors (Lipinski definition) is 1. The topological polar surface area (TPSA) is 54.4 Å². The van der Waals surface area contributed by atoms with E-state index in [-0.39, 0.29) is 0 Å². The second kappa shape index (κ2) is 14.1. The summed E-state index contributed by atoms with van der Waals surface area (Å²) in [5.74, 6) is 0.450. The van der Waals surface area contributed by atoms with Crippen molar-refractivity contribution in [1.29, 1.82) is 0 Å². The number of carbonyl (C=O) groups is 2. The lowest BCUT2D eigenvalue weighted by Crippen LogP contribution is -1.99. The molecule has 0 fully saturated rings. The zero-order valence-corrected chi connectivity index (χ0v) is 14.0. The highest BCUT2D eigenvalue weighted by Gasteiger charge is 2.03. The summed E-state index contributed by atoms with van der Waals surface area (Å²) in [4.78, 5) is 22.0. The van der Waals surface area contributed by atoms with Crippen LogP contribution in [-0.4, -0.2) is 16.9 Å². The van der Waals surface area contributed by atoms with Crippen LogP contribution in [0.5, 0.6) is 0 Å². The normalized spacial score (nSPS) is 11.0. The molecule has 3 heteroatoms. The quantitative estimate of drug-likeness (QED) is 0.414. The van der Waals surface area contributed by atoms with Gasteiger partial charge in [0.2, 0.25) is 0 Å². The molecule has 0 radical (unpaired) electrons. The number of carbonyl (C=O) groups excluding carboxylic acids is 1. The molecular weight excluding hydrogens is 264 g/mol. The Bertz CT molecular complexity index is 272. The Morgan fingerprint density at radius 2 is 1.14 bits per heavy atom. The van der Waals surface area contributed by atoms with Crippen molar-refractivity contribution >= 4 is 11.8 Å². The Kier molecular flexibility index (Phi) is 13.5. The highest BCUT2D eigenvalue weighted by atomic mass is 16.4. The molecule has 124 valence electrons. The van der Waals surface area contributed by atoms with E-state index in [1.165, 1.54) is 19.3 Å². The number of aliphatic carboxylic acids is 1. The van der Waals surface area contributed by atoms with Gasteiger partial charge in [-0.1, -0.05) is 58.8 Å². The lowest BCUT2D eigenvalue weighted by atomic mass is 10.0. The van der Waals surface area contributed by atoms with Gasteiger partial charge in [0.1, 0.15) is 5.78 Å². The molecule has 0 unspecified atom stereocenters. The number of ketones is 1. The Morgan fingerprint density at radius 1 is 0.714 bits per heavy atom. The van der Waals surface area contributed by atoms with Crippen LogP contribution in [0.2, 0.25) is 0 Å². The van der Waals surface area contributed by atoms with Crippen LogP contribution in [0.1, 0.15) is 97.3 Å². The number of carboxylic acids is 1. The first-order chi connectivity index (χ1) is 10.0. The van der Waals surface area contributed by atoms with Crippen LogP contribution in [-0.2, 0) is 9.59 Å². The molecule has 21 heavy (non-hydrogen) atoms. The van der Waals surface area contributed by atoms with Crippen LogP contribution < -0.4 is 0 Å². The van der Waals surface area contributed by atoms with Crippen LogP contribution in [0.25, 0.3) is 0 Å². The molecule has 0 aliphatic carbocycles. The minimum absolute atomic E-state index is 0.304. The third-order valence-corrected chi connectivity index (χ3v) is 3.83. The van der Waals surface area contributed by atoms with Crippen molar-refractivity contribution in [2.45, 2.75) is 97.3 Å². The molecule has 0 amide bonds. The monoisotopic (exact) mass is 298 g/mol. The van der Waals surface area contributed by atoms with Gasteiger partial charge in [-0.05, 0) is 25.2 Å². The molecule has 0 spiro atoms. The van der Waals surface area contributed by atoms with E-state index in [1.54, 1.807) is 0 Å². The summed E-state index contributed by atoms with van der Waals surface area (Å²) >= 11 is 0. The van der Waals surface area contributed by atoms with E-state index < -0.39 is 5.97 Å². The molecular formula is C18H34O3. The summed E-state index contributed by atoms with van der Waals surface area (Å²) < 4.78 is 0. The van der Waals surface area contributed by atoms with Gasteiger partial charge in [0, 0.05) is 19.3 Å². The Hall–Kier alpha value is -0.860. The van der Waals surface area contributed by atoms with E-state index >= 15 is 0 Å². The van der Waals surface area contributed by atoms with Crippen molar-refractivity contribution in [2.75, 3.05) is 0 Å². The Balaban J connectivity index is 3.17. The largest absolute Gasteiger partial charge is 0.481 e. The van der Waals surface area contributed by atoms with E-state index in [4.69, 9.17) is 5.11 Å². The van der Waals surface area contributed by atoms with Crippen molar-refractivity contribution < 1.29 is 14.7 Å². The molecule has 0 saturated carbocycles. The molecule has 0 aliphatic rings. The zero-order valence-electron chi connectivity index (χ0n) is 14.0. The van der Waals surface area contributed by atoms with Gasteiger partial charge in [-0.3, -0.25) is 9.59 Å². The summed E-state index contributed by atoms with van der Waals surface area (Å²) in [5, 5.41) is 8.51. The van der Waals surface area contributed by atoms with Crippen molar-refractivity contribution in [2.24, 2.45) is 5.92 Å². The molecule has 1 N–H and O–H groups in total. The number of Topliss-reactive ketones (excluding diaryl/α,β-unsaturated/α-hetero) is 1. The second-order valence-corrected chi connectivity index (χ2v) is 6.55. The molecule has 0 saturated heterocycles.